The Balaban J connectivity index is 2.01. The molecule has 0 aromatic carbocycles. The van der Waals surface area contributed by atoms with E-state index >= 15 is 0 Å². The summed E-state index contributed by atoms with van der Waals surface area (Å²) in [6.07, 6.45) is 8.76. The quantitative estimate of drug-likeness (QED) is 0.497. The molecule has 0 aliphatic heterocycles. The van der Waals surface area contributed by atoms with Gasteiger partial charge in [0.25, 0.3) is 0 Å². The summed E-state index contributed by atoms with van der Waals surface area (Å²) < 4.78 is 0. The maximum Gasteiger partial charge on any atom is 0.220 e. The zero-order valence-electron chi connectivity index (χ0n) is 8.54. The van der Waals surface area contributed by atoms with Crippen molar-refractivity contribution in [1.82, 2.24) is 5.32 Å². The van der Waals surface area contributed by atoms with Gasteiger partial charge in [-0.2, -0.15) is 0 Å². The molecule has 0 aromatic rings. The SMILES string of the molecule is O=C(CC1C=CCC1)NCCCCO. The van der Waals surface area contributed by atoms with E-state index in [2.05, 4.69) is 17.5 Å². The van der Waals surface area contributed by atoms with Gasteiger partial charge in [0, 0.05) is 19.6 Å². The summed E-state index contributed by atoms with van der Waals surface area (Å²) in [6, 6.07) is 0. The number of carbonyl (C=O) groups is 1. The van der Waals surface area contributed by atoms with Crippen molar-refractivity contribution in [3.63, 3.8) is 0 Å². The van der Waals surface area contributed by atoms with Crippen molar-refractivity contribution in [1.29, 1.82) is 0 Å². The number of aliphatic hydroxyl groups is 1. The number of aliphatic hydroxyl groups excluding tert-OH is 1. The number of unbranched alkanes of at least 4 members (excludes halogenated alkanes) is 1. The van der Waals surface area contributed by atoms with Crippen molar-refractivity contribution in [2.75, 3.05) is 13.2 Å². The molecule has 0 radical (unpaired) electrons. The lowest BCUT2D eigenvalue weighted by atomic mass is 10.1. The van der Waals surface area contributed by atoms with E-state index < -0.39 is 0 Å². The van der Waals surface area contributed by atoms with Gasteiger partial charge in [-0.3, -0.25) is 4.79 Å². The molecule has 0 heterocycles. The lowest BCUT2D eigenvalue weighted by molar-refractivity contribution is -0.121. The van der Waals surface area contributed by atoms with Crippen LogP contribution in [0, 0.1) is 5.92 Å². The molecule has 0 spiro atoms. The summed E-state index contributed by atoms with van der Waals surface area (Å²) in [5, 5.41) is 11.4. The molecule has 1 aliphatic rings. The van der Waals surface area contributed by atoms with Crippen molar-refractivity contribution < 1.29 is 9.90 Å². The standard InChI is InChI=1S/C11H19NO2/c13-8-4-3-7-12-11(14)9-10-5-1-2-6-10/h1,5,10,13H,2-4,6-9H2,(H,12,14). The molecule has 0 saturated heterocycles. The molecule has 3 nitrogen and oxygen atoms in total. The highest BCUT2D eigenvalue weighted by Crippen LogP contribution is 2.19. The minimum Gasteiger partial charge on any atom is -0.396 e. The van der Waals surface area contributed by atoms with Crippen molar-refractivity contribution in [2.24, 2.45) is 5.92 Å². The van der Waals surface area contributed by atoms with E-state index in [0.717, 1.165) is 25.7 Å². The van der Waals surface area contributed by atoms with E-state index in [0.29, 0.717) is 18.9 Å². The second-order valence-corrected chi connectivity index (χ2v) is 3.75. The second kappa shape index (κ2) is 6.60. The minimum atomic E-state index is 0.138. The molecule has 1 unspecified atom stereocenters. The number of rotatable bonds is 6. The van der Waals surface area contributed by atoms with Gasteiger partial charge in [0.2, 0.25) is 5.91 Å². The predicted octanol–water partition coefficient (Wildman–Crippen LogP) is 1.23. The molecule has 0 saturated carbocycles. The number of carbonyl (C=O) groups excluding carboxylic acids is 1. The molecule has 80 valence electrons. The molecule has 2 N–H and O–H groups in total. The van der Waals surface area contributed by atoms with Gasteiger partial charge in [0.15, 0.2) is 0 Å². The summed E-state index contributed by atoms with van der Waals surface area (Å²) >= 11 is 0. The van der Waals surface area contributed by atoms with E-state index in [1.165, 1.54) is 0 Å². The highest BCUT2D eigenvalue weighted by atomic mass is 16.2. The van der Waals surface area contributed by atoms with Crippen LogP contribution in [0.5, 0.6) is 0 Å². The third kappa shape index (κ3) is 4.42. The largest absolute Gasteiger partial charge is 0.396 e. The first kappa shape index (κ1) is 11.2. The van der Waals surface area contributed by atoms with Crippen LogP contribution < -0.4 is 5.32 Å². The number of allylic oxidation sites excluding steroid dienone is 2. The number of hydrogen-bond acceptors (Lipinski definition) is 2. The van der Waals surface area contributed by atoms with Crippen LogP contribution in [0.25, 0.3) is 0 Å². The molecule has 0 fully saturated rings. The van der Waals surface area contributed by atoms with Gasteiger partial charge in [0.1, 0.15) is 0 Å². The second-order valence-electron chi connectivity index (χ2n) is 3.75. The number of amides is 1. The molecule has 1 aliphatic carbocycles. The van der Waals surface area contributed by atoms with E-state index in [4.69, 9.17) is 5.11 Å². The van der Waals surface area contributed by atoms with Crippen LogP contribution in [-0.4, -0.2) is 24.2 Å². The van der Waals surface area contributed by atoms with Crippen LogP contribution in [0.1, 0.15) is 32.1 Å². The minimum absolute atomic E-state index is 0.138. The summed E-state index contributed by atoms with van der Waals surface area (Å²) in [5.74, 6) is 0.590. The maximum absolute atomic E-state index is 11.4. The van der Waals surface area contributed by atoms with Gasteiger partial charge in [-0.05, 0) is 31.6 Å². The highest BCUT2D eigenvalue weighted by molar-refractivity contribution is 5.76. The Morgan fingerprint density at radius 3 is 3.00 bits per heavy atom. The lowest BCUT2D eigenvalue weighted by Gasteiger charge is -2.07. The van der Waals surface area contributed by atoms with Crippen molar-refractivity contribution in [3.05, 3.63) is 12.2 Å². The Morgan fingerprint density at radius 2 is 2.36 bits per heavy atom. The first-order valence-electron chi connectivity index (χ1n) is 5.37. The zero-order chi connectivity index (χ0) is 10.2. The zero-order valence-corrected chi connectivity index (χ0v) is 8.54. The molecule has 0 bridgehead atoms. The van der Waals surface area contributed by atoms with E-state index in [9.17, 15) is 4.79 Å². The maximum atomic E-state index is 11.4. The first-order chi connectivity index (χ1) is 6.83. The van der Waals surface area contributed by atoms with Gasteiger partial charge in [-0.25, -0.2) is 0 Å². The fourth-order valence-electron chi connectivity index (χ4n) is 1.64. The summed E-state index contributed by atoms with van der Waals surface area (Å²) in [5.41, 5.74) is 0. The van der Waals surface area contributed by atoms with Gasteiger partial charge >= 0.3 is 0 Å². The molecule has 1 amide bonds. The van der Waals surface area contributed by atoms with Crippen LogP contribution in [-0.2, 0) is 4.79 Å². The van der Waals surface area contributed by atoms with Crippen molar-refractivity contribution in [2.45, 2.75) is 32.1 Å². The van der Waals surface area contributed by atoms with Crippen LogP contribution in [0.2, 0.25) is 0 Å². The average Bonchev–Trinajstić information content (AvgIpc) is 2.65. The Kier molecular flexibility index (Phi) is 5.30. The van der Waals surface area contributed by atoms with E-state index in [-0.39, 0.29) is 12.5 Å². The molecular weight excluding hydrogens is 178 g/mol. The normalized spacial score (nSPS) is 19.9. The van der Waals surface area contributed by atoms with Crippen molar-refractivity contribution in [3.8, 4) is 0 Å². The van der Waals surface area contributed by atoms with E-state index in [1.54, 1.807) is 0 Å². The Morgan fingerprint density at radius 1 is 1.50 bits per heavy atom. The smallest absolute Gasteiger partial charge is 0.220 e. The Hall–Kier alpha value is -0.830. The van der Waals surface area contributed by atoms with Gasteiger partial charge < -0.3 is 10.4 Å². The monoisotopic (exact) mass is 197 g/mol. The predicted molar refractivity (Wildman–Crippen MR) is 55.8 cm³/mol. The topological polar surface area (TPSA) is 49.3 Å². The Bertz CT molecular complexity index is 201. The third-order valence-electron chi connectivity index (χ3n) is 2.47. The summed E-state index contributed by atoms with van der Waals surface area (Å²) in [6.45, 7) is 0.900. The van der Waals surface area contributed by atoms with E-state index in [1.807, 2.05) is 0 Å². The number of hydrogen-bond donors (Lipinski definition) is 2. The van der Waals surface area contributed by atoms with Crippen molar-refractivity contribution >= 4 is 5.91 Å². The van der Waals surface area contributed by atoms with Gasteiger partial charge in [0.05, 0.1) is 0 Å². The Labute approximate surface area is 85.2 Å². The molecular formula is C11H19NO2. The van der Waals surface area contributed by atoms with Crippen LogP contribution in [0.3, 0.4) is 0 Å². The molecule has 3 heteroatoms. The lowest BCUT2D eigenvalue weighted by Crippen LogP contribution is -2.25. The van der Waals surface area contributed by atoms with Crippen LogP contribution >= 0.6 is 0 Å². The highest BCUT2D eigenvalue weighted by Gasteiger charge is 2.12. The number of nitrogens with one attached hydrogen (secondary N) is 1. The fourth-order valence-corrected chi connectivity index (χ4v) is 1.64. The molecule has 14 heavy (non-hydrogen) atoms. The molecule has 1 rings (SSSR count). The molecule has 0 aromatic heterocycles. The average molecular weight is 197 g/mol. The summed E-state index contributed by atoms with van der Waals surface area (Å²) in [7, 11) is 0. The van der Waals surface area contributed by atoms with Gasteiger partial charge in [-0.1, -0.05) is 12.2 Å². The molecule has 1 atom stereocenters. The third-order valence-corrected chi connectivity index (χ3v) is 2.47. The summed E-state index contributed by atoms with van der Waals surface area (Å²) in [4.78, 5) is 11.4. The fraction of sp³-hybridized carbons (Fsp3) is 0.727. The van der Waals surface area contributed by atoms with Gasteiger partial charge in [-0.15, -0.1) is 0 Å². The van der Waals surface area contributed by atoms with Crippen LogP contribution in [0.15, 0.2) is 12.2 Å². The first-order valence-corrected chi connectivity index (χ1v) is 5.37. The van der Waals surface area contributed by atoms with Crippen LogP contribution in [0.4, 0.5) is 0 Å².